The molecule has 5 heteroatoms. The minimum absolute atomic E-state index is 0.135. The highest BCUT2D eigenvalue weighted by Gasteiger charge is 2.09. The van der Waals surface area contributed by atoms with Crippen molar-refractivity contribution in [2.24, 2.45) is 0 Å². The van der Waals surface area contributed by atoms with E-state index in [4.69, 9.17) is 27.9 Å². The predicted molar refractivity (Wildman–Crippen MR) is 78.9 cm³/mol. The fourth-order valence-corrected chi connectivity index (χ4v) is 1.91. The van der Waals surface area contributed by atoms with Crippen LogP contribution in [0.2, 0.25) is 10.0 Å². The van der Waals surface area contributed by atoms with Crippen LogP contribution in [-0.4, -0.2) is 30.9 Å². The highest BCUT2D eigenvalue weighted by molar-refractivity contribution is 6.37. The van der Waals surface area contributed by atoms with Gasteiger partial charge in [-0.25, -0.2) is 0 Å². The zero-order valence-corrected chi connectivity index (χ0v) is 12.3. The summed E-state index contributed by atoms with van der Waals surface area (Å²) in [6, 6.07) is 5.12. The molecule has 19 heavy (non-hydrogen) atoms. The molecule has 0 saturated carbocycles. The van der Waals surface area contributed by atoms with Crippen molar-refractivity contribution in [2.75, 3.05) is 19.7 Å². The lowest BCUT2D eigenvalue weighted by Crippen LogP contribution is -2.32. The Morgan fingerprint density at radius 2 is 2.05 bits per heavy atom. The van der Waals surface area contributed by atoms with Gasteiger partial charge in [0.1, 0.15) is 12.7 Å². The number of ether oxygens (including phenoxy) is 1. The van der Waals surface area contributed by atoms with Gasteiger partial charge in [-0.3, -0.25) is 0 Å². The first-order valence-corrected chi connectivity index (χ1v) is 6.76. The fourth-order valence-electron chi connectivity index (χ4n) is 1.40. The molecule has 0 fully saturated rings. The molecule has 1 aromatic rings. The molecule has 1 unspecified atom stereocenters. The van der Waals surface area contributed by atoms with Crippen molar-refractivity contribution in [1.82, 2.24) is 5.32 Å². The Labute approximate surface area is 123 Å². The van der Waals surface area contributed by atoms with Crippen LogP contribution in [0.15, 0.2) is 18.2 Å². The van der Waals surface area contributed by atoms with Gasteiger partial charge in [-0.2, -0.15) is 0 Å². The molecule has 2 N–H and O–H groups in total. The highest BCUT2D eigenvalue weighted by atomic mass is 35.5. The standard InChI is InChI=1S/C14H17Cl2NO2/c1-2-3-4-8-17-9-11(18)10-19-14-12(15)6-5-7-13(14)16/h5-7,11,17-18H,4,8-10H2,1H3. The second-order valence-corrected chi connectivity index (χ2v) is 4.71. The van der Waals surface area contributed by atoms with Gasteiger partial charge in [0, 0.05) is 19.5 Å². The van der Waals surface area contributed by atoms with E-state index in [1.807, 2.05) is 0 Å². The van der Waals surface area contributed by atoms with Gasteiger partial charge in [0.05, 0.1) is 10.0 Å². The second kappa shape index (κ2) is 9.06. The summed E-state index contributed by atoms with van der Waals surface area (Å²) in [5.41, 5.74) is 0. The molecule has 104 valence electrons. The molecule has 1 rings (SSSR count). The van der Waals surface area contributed by atoms with Gasteiger partial charge in [-0.15, -0.1) is 11.8 Å². The number of hydrogen-bond acceptors (Lipinski definition) is 3. The molecule has 0 bridgehead atoms. The van der Waals surface area contributed by atoms with E-state index in [0.29, 0.717) is 22.3 Å². The van der Waals surface area contributed by atoms with E-state index in [1.54, 1.807) is 25.1 Å². The molecule has 0 radical (unpaired) electrons. The molecule has 0 spiro atoms. The number of hydrogen-bond donors (Lipinski definition) is 2. The monoisotopic (exact) mass is 301 g/mol. The summed E-state index contributed by atoms with van der Waals surface area (Å²) in [5, 5.41) is 13.7. The lowest BCUT2D eigenvalue weighted by atomic mass is 10.3. The van der Waals surface area contributed by atoms with Crippen LogP contribution in [-0.2, 0) is 0 Å². The van der Waals surface area contributed by atoms with Gasteiger partial charge >= 0.3 is 0 Å². The second-order valence-electron chi connectivity index (χ2n) is 3.90. The molecule has 0 heterocycles. The van der Waals surface area contributed by atoms with Gasteiger partial charge in [0.2, 0.25) is 0 Å². The number of para-hydroxylation sites is 1. The maximum absolute atomic E-state index is 9.74. The summed E-state index contributed by atoms with van der Waals surface area (Å²) >= 11 is 11.9. The van der Waals surface area contributed by atoms with Gasteiger partial charge in [-0.05, 0) is 19.1 Å². The number of benzene rings is 1. The summed E-state index contributed by atoms with van der Waals surface area (Å²) in [7, 11) is 0. The van der Waals surface area contributed by atoms with Crippen LogP contribution in [0.3, 0.4) is 0 Å². The summed E-state index contributed by atoms with van der Waals surface area (Å²) in [6.07, 6.45) is 0.141. The van der Waals surface area contributed by atoms with Crippen molar-refractivity contribution < 1.29 is 9.84 Å². The lowest BCUT2D eigenvalue weighted by Gasteiger charge is -2.14. The molecule has 0 saturated heterocycles. The molecule has 0 aliphatic rings. The highest BCUT2D eigenvalue weighted by Crippen LogP contribution is 2.32. The van der Waals surface area contributed by atoms with Crippen LogP contribution < -0.4 is 10.1 Å². The smallest absolute Gasteiger partial charge is 0.156 e. The van der Waals surface area contributed by atoms with Gasteiger partial charge in [0.15, 0.2) is 5.75 Å². The quantitative estimate of drug-likeness (QED) is 0.601. The Hall–Kier alpha value is -0.920. The Kier molecular flexibility index (Phi) is 7.69. The molecule has 0 aromatic heterocycles. The van der Waals surface area contributed by atoms with Crippen molar-refractivity contribution in [2.45, 2.75) is 19.4 Å². The molecule has 0 aliphatic heterocycles. The van der Waals surface area contributed by atoms with E-state index in [2.05, 4.69) is 17.2 Å². The minimum Gasteiger partial charge on any atom is -0.488 e. The predicted octanol–water partition coefficient (Wildman–Crippen LogP) is 2.74. The zero-order chi connectivity index (χ0) is 14.1. The summed E-state index contributed by atoms with van der Waals surface area (Å²) in [5.74, 6) is 6.15. The van der Waals surface area contributed by atoms with Crippen molar-refractivity contribution in [3.63, 3.8) is 0 Å². The SMILES string of the molecule is CC#CCCNCC(O)COc1c(Cl)cccc1Cl. The molecule has 1 atom stereocenters. The normalized spacial score (nSPS) is 11.6. The van der Waals surface area contributed by atoms with Crippen molar-refractivity contribution in [3.05, 3.63) is 28.2 Å². The van der Waals surface area contributed by atoms with Gasteiger partial charge < -0.3 is 15.2 Å². The van der Waals surface area contributed by atoms with E-state index < -0.39 is 6.10 Å². The third-order valence-electron chi connectivity index (χ3n) is 2.32. The number of halogens is 2. The average Bonchev–Trinajstić information content (AvgIpc) is 2.38. The summed E-state index contributed by atoms with van der Waals surface area (Å²) in [6.45, 7) is 3.12. The van der Waals surface area contributed by atoms with E-state index in [-0.39, 0.29) is 6.61 Å². The van der Waals surface area contributed by atoms with Crippen molar-refractivity contribution >= 4 is 23.2 Å². The Bertz CT molecular complexity index is 434. The van der Waals surface area contributed by atoms with Gasteiger partial charge in [0.25, 0.3) is 0 Å². The third-order valence-corrected chi connectivity index (χ3v) is 2.92. The molecule has 0 amide bonds. The molecule has 1 aromatic carbocycles. The van der Waals surface area contributed by atoms with Crippen LogP contribution in [0.4, 0.5) is 0 Å². The fraction of sp³-hybridized carbons (Fsp3) is 0.429. The summed E-state index contributed by atoms with van der Waals surface area (Å²) < 4.78 is 5.43. The molecular weight excluding hydrogens is 285 g/mol. The minimum atomic E-state index is -0.623. The number of nitrogens with one attached hydrogen (secondary N) is 1. The Balaban J connectivity index is 2.29. The van der Waals surface area contributed by atoms with Crippen LogP contribution >= 0.6 is 23.2 Å². The number of aliphatic hydroxyl groups is 1. The number of rotatable bonds is 7. The van der Waals surface area contributed by atoms with E-state index in [1.165, 1.54) is 0 Å². The largest absolute Gasteiger partial charge is 0.488 e. The maximum Gasteiger partial charge on any atom is 0.156 e. The third kappa shape index (κ3) is 6.17. The van der Waals surface area contributed by atoms with Crippen molar-refractivity contribution in [3.8, 4) is 17.6 Å². The molecule has 0 aliphatic carbocycles. The van der Waals surface area contributed by atoms with Crippen molar-refractivity contribution in [1.29, 1.82) is 0 Å². The lowest BCUT2D eigenvalue weighted by molar-refractivity contribution is 0.107. The van der Waals surface area contributed by atoms with Gasteiger partial charge in [-0.1, -0.05) is 29.3 Å². The summed E-state index contributed by atoms with van der Waals surface area (Å²) in [4.78, 5) is 0. The van der Waals surface area contributed by atoms with E-state index >= 15 is 0 Å². The maximum atomic E-state index is 9.74. The first-order chi connectivity index (χ1) is 9.15. The Morgan fingerprint density at radius 3 is 2.68 bits per heavy atom. The van der Waals surface area contributed by atoms with Crippen LogP contribution in [0.5, 0.6) is 5.75 Å². The van der Waals surface area contributed by atoms with Crippen LogP contribution in [0, 0.1) is 11.8 Å². The molecular formula is C14H17Cl2NO2. The van der Waals surface area contributed by atoms with E-state index in [9.17, 15) is 5.11 Å². The average molecular weight is 302 g/mol. The Morgan fingerprint density at radius 1 is 1.37 bits per heavy atom. The van der Waals surface area contributed by atoms with E-state index in [0.717, 1.165) is 13.0 Å². The topological polar surface area (TPSA) is 41.5 Å². The zero-order valence-electron chi connectivity index (χ0n) is 10.7. The molecule has 3 nitrogen and oxygen atoms in total. The first-order valence-electron chi connectivity index (χ1n) is 6.00. The van der Waals surface area contributed by atoms with Crippen LogP contribution in [0.1, 0.15) is 13.3 Å². The first kappa shape index (κ1) is 16.1. The number of aliphatic hydroxyl groups excluding tert-OH is 1. The van der Waals surface area contributed by atoms with Crippen LogP contribution in [0.25, 0.3) is 0 Å².